The Morgan fingerprint density at radius 2 is 2.19 bits per heavy atom. The third kappa shape index (κ3) is 5.01. The lowest BCUT2D eigenvalue weighted by Crippen LogP contribution is -2.24. The molecule has 5 heteroatoms. The fraction of sp³-hybridized carbons (Fsp3) is 0.545. The number of carbonyl (C=O) groups is 1. The Morgan fingerprint density at radius 3 is 2.69 bits per heavy atom. The van der Waals surface area contributed by atoms with E-state index < -0.39 is 5.60 Å². The van der Waals surface area contributed by atoms with Crippen LogP contribution in [0.25, 0.3) is 0 Å². The zero-order valence-electron chi connectivity index (χ0n) is 9.65. The predicted octanol–water partition coefficient (Wildman–Crippen LogP) is 2.67. The van der Waals surface area contributed by atoms with E-state index >= 15 is 0 Å². The summed E-state index contributed by atoms with van der Waals surface area (Å²) in [5, 5.41) is 8.89. The van der Waals surface area contributed by atoms with Crippen molar-refractivity contribution in [2.75, 3.05) is 5.75 Å². The van der Waals surface area contributed by atoms with E-state index in [0.29, 0.717) is 5.75 Å². The number of ether oxygens (including phenoxy) is 1. The van der Waals surface area contributed by atoms with E-state index in [1.807, 2.05) is 32.9 Å². The molecule has 0 unspecified atom stereocenters. The van der Waals surface area contributed by atoms with Gasteiger partial charge in [-0.2, -0.15) is 0 Å². The number of hydrogen-bond acceptors (Lipinski definition) is 5. The molecule has 0 atom stereocenters. The number of thiophene rings is 1. The molecule has 3 nitrogen and oxygen atoms in total. The average Bonchev–Trinajstić information content (AvgIpc) is 2.59. The lowest BCUT2D eigenvalue weighted by molar-refractivity contribution is -0.151. The number of esters is 1. The quantitative estimate of drug-likeness (QED) is 0.668. The van der Waals surface area contributed by atoms with Crippen LogP contribution in [-0.2, 0) is 16.1 Å². The molecule has 0 amide bonds. The SMILES string of the molecule is CC(C)(C)OC(=O)CSc1ccc(CO)s1. The third-order valence-electron chi connectivity index (χ3n) is 1.55. The monoisotopic (exact) mass is 260 g/mol. The van der Waals surface area contributed by atoms with E-state index in [1.54, 1.807) is 0 Å². The van der Waals surface area contributed by atoms with Crippen molar-refractivity contribution in [1.29, 1.82) is 0 Å². The summed E-state index contributed by atoms with van der Waals surface area (Å²) in [6, 6.07) is 3.77. The van der Waals surface area contributed by atoms with Crippen molar-refractivity contribution in [3.05, 3.63) is 17.0 Å². The second-order valence-electron chi connectivity index (χ2n) is 4.25. The minimum Gasteiger partial charge on any atom is -0.459 e. The Hall–Kier alpha value is -0.520. The van der Waals surface area contributed by atoms with Crippen molar-refractivity contribution in [3.63, 3.8) is 0 Å². The summed E-state index contributed by atoms with van der Waals surface area (Å²) in [5.74, 6) is 0.0966. The summed E-state index contributed by atoms with van der Waals surface area (Å²) >= 11 is 2.94. The highest BCUT2D eigenvalue weighted by molar-refractivity contribution is 8.01. The zero-order valence-corrected chi connectivity index (χ0v) is 11.3. The maximum atomic E-state index is 11.4. The molecular weight excluding hydrogens is 244 g/mol. The van der Waals surface area contributed by atoms with Gasteiger partial charge in [0.2, 0.25) is 0 Å². The van der Waals surface area contributed by atoms with E-state index in [4.69, 9.17) is 9.84 Å². The third-order valence-corrected chi connectivity index (χ3v) is 3.81. The van der Waals surface area contributed by atoms with Crippen LogP contribution in [0.15, 0.2) is 16.3 Å². The number of aliphatic hydroxyl groups excluding tert-OH is 1. The zero-order chi connectivity index (χ0) is 12.2. The molecule has 1 rings (SSSR count). The fourth-order valence-electron chi connectivity index (χ4n) is 1.02. The summed E-state index contributed by atoms with van der Waals surface area (Å²) in [7, 11) is 0. The molecule has 0 radical (unpaired) electrons. The van der Waals surface area contributed by atoms with Crippen LogP contribution in [-0.4, -0.2) is 22.4 Å². The van der Waals surface area contributed by atoms with Crippen LogP contribution in [0.4, 0.5) is 0 Å². The van der Waals surface area contributed by atoms with Crippen LogP contribution in [0.1, 0.15) is 25.6 Å². The summed E-state index contributed by atoms with van der Waals surface area (Å²) in [6.45, 7) is 5.61. The molecular formula is C11H16O3S2. The molecule has 90 valence electrons. The molecule has 0 aliphatic rings. The topological polar surface area (TPSA) is 46.5 Å². The maximum Gasteiger partial charge on any atom is 0.316 e. The van der Waals surface area contributed by atoms with Gasteiger partial charge in [-0.25, -0.2) is 0 Å². The predicted molar refractivity (Wildman–Crippen MR) is 66.8 cm³/mol. The van der Waals surface area contributed by atoms with E-state index in [1.165, 1.54) is 23.1 Å². The molecule has 0 fully saturated rings. The van der Waals surface area contributed by atoms with Gasteiger partial charge in [-0.05, 0) is 32.9 Å². The molecule has 1 heterocycles. The first-order valence-electron chi connectivity index (χ1n) is 4.95. The fourth-order valence-corrected chi connectivity index (χ4v) is 2.83. The van der Waals surface area contributed by atoms with E-state index in [-0.39, 0.29) is 12.6 Å². The highest BCUT2D eigenvalue weighted by Gasteiger charge is 2.16. The van der Waals surface area contributed by atoms with E-state index in [2.05, 4.69) is 0 Å². The average molecular weight is 260 g/mol. The van der Waals surface area contributed by atoms with Gasteiger partial charge in [0, 0.05) is 4.88 Å². The molecule has 1 aromatic rings. The normalized spacial score (nSPS) is 11.5. The first-order valence-corrected chi connectivity index (χ1v) is 6.75. The van der Waals surface area contributed by atoms with Crippen molar-refractivity contribution in [3.8, 4) is 0 Å². The van der Waals surface area contributed by atoms with Gasteiger partial charge in [0.1, 0.15) is 5.60 Å². The van der Waals surface area contributed by atoms with Gasteiger partial charge < -0.3 is 9.84 Å². The summed E-state index contributed by atoms with van der Waals surface area (Å²) < 4.78 is 6.21. The van der Waals surface area contributed by atoms with Gasteiger partial charge in [0.05, 0.1) is 16.6 Å². The Morgan fingerprint density at radius 1 is 1.50 bits per heavy atom. The molecule has 0 bridgehead atoms. The molecule has 0 aliphatic heterocycles. The molecule has 0 aromatic carbocycles. The highest BCUT2D eigenvalue weighted by atomic mass is 32.2. The molecule has 16 heavy (non-hydrogen) atoms. The molecule has 1 aromatic heterocycles. The number of hydrogen-bond donors (Lipinski definition) is 1. The Bertz CT molecular complexity index is 352. The van der Waals surface area contributed by atoms with Crippen LogP contribution in [0.5, 0.6) is 0 Å². The molecule has 0 saturated heterocycles. The Balaban J connectivity index is 2.37. The van der Waals surface area contributed by atoms with Gasteiger partial charge in [-0.15, -0.1) is 23.1 Å². The maximum absolute atomic E-state index is 11.4. The van der Waals surface area contributed by atoms with Crippen molar-refractivity contribution in [2.24, 2.45) is 0 Å². The van der Waals surface area contributed by atoms with Crippen LogP contribution in [0.3, 0.4) is 0 Å². The molecule has 0 saturated carbocycles. The van der Waals surface area contributed by atoms with Crippen molar-refractivity contribution >= 4 is 29.1 Å². The van der Waals surface area contributed by atoms with Gasteiger partial charge in [-0.1, -0.05) is 0 Å². The second-order valence-corrected chi connectivity index (χ2v) is 6.70. The highest BCUT2D eigenvalue weighted by Crippen LogP contribution is 2.27. The smallest absolute Gasteiger partial charge is 0.316 e. The van der Waals surface area contributed by atoms with Crippen molar-refractivity contribution in [1.82, 2.24) is 0 Å². The minimum atomic E-state index is -0.427. The summed E-state index contributed by atoms with van der Waals surface area (Å²) in [5.41, 5.74) is -0.427. The first kappa shape index (κ1) is 13.5. The van der Waals surface area contributed by atoms with Crippen molar-refractivity contribution in [2.45, 2.75) is 37.2 Å². The minimum absolute atomic E-state index is 0.0532. The lowest BCUT2D eigenvalue weighted by Gasteiger charge is -2.19. The number of rotatable bonds is 4. The second kappa shape index (κ2) is 5.70. The van der Waals surface area contributed by atoms with Gasteiger partial charge >= 0.3 is 5.97 Å². The van der Waals surface area contributed by atoms with Crippen LogP contribution < -0.4 is 0 Å². The number of carbonyl (C=O) groups excluding carboxylic acids is 1. The van der Waals surface area contributed by atoms with Gasteiger partial charge in [0.25, 0.3) is 0 Å². The largest absolute Gasteiger partial charge is 0.459 e. The number of aliphatic hydroxyl groups is 1. The van der Waals surface area contributed by atoms with Crippen LogP contribution >= 0.6 is 23.1 Å². The van der Waals surface area contributed by atoms with Crippen molar-refractivity contribution < 1.29 is 14.6 Å². The number of thioether (sulfide) groups is 1. The summed E-state index contributed by atoms with van der Waals surface area (Å²) in [6.07, 6.45) is 0. The standard InChI is InChI=1S/C11H16O3S2/c1-11(2,3)14-9(13)7-15-10-5-4-8(6-12)16-10/h4-5,12H,6-7H2,1-3H3. The van der Waals surface area contributed by atoms with E-state index in [9.17, 15) is 4.79 Å². The molecule has 1 N–H and O–H groups in total. The molecule has 0 spiro atoms. The van der Waals surface area contributed by atoms with Crippen LogP contribution in [0, 0.1) is 0 Å². The van der Waals surface area contributed by atoms with E-state index in [0.717, 1.165) is 9.09 Å². The summed E-state index contributed by atoms with van der Waals surface area (Å²) in [4.78, 5) is 12.3. The Kier molecular flexibility index (Phi) is 4.83. The Labute approximate surface area is 104 Å². The van der Waals surface area contributed by atoms with Gasteiger partial charge in [0.15, 0.2) is 0 Å². The molecule has 0 aliphatic carbocycles. The van der Waals surface area contributed by atoms with Crippen LogP contribution in [0.2, 0.25) is 0 Å². The lowest BCUT2D eigenvalue weighted by atomic mass is 10.2. The first-order chi connectivity index (χ1) is 7.40. The van der Waals surface area contributed by atoms with Gasteiger partial charge in [-0.3, -0.25) is 4.79 Å².